The van der Waals surface area contributed by atoms with Gasteiger partial charge in [0, 0.05) is 12.5 Å². The summed E-state index contributed by atoms with van der Waals surface area (Å²) in [5.41, 5.74) is 5.29. The molecule has 37 heavy (non-hydrogen) atoms. The molecule has 2 aliphatic carbocycles. The van der Waals surface area contributed by atoms with Crippen LogP contribution in [-0.4, -0.2) is 78.5 Å². The lowest BCUT2D eigenvalue weighted by molar-refractivity contribution is -0.143. The summed E-state index contributed by atoms with van der Waals surface area (Å²) in [6, 6.07) is -3.22. The van der Waals surface area contributed by atoms with Crippen LogP contribution in [0.3, 0.4) is 0 Å². The maximum atomic E-state index is 13.6. The van der Waals surface area contributed by atoms with Gasteiger partial charge in [-0.1, -0.05) is 38.8 Å². The van der Waals surface area contributed by atoms with Crippen molar-refractivity contribution in [2.24, 2.45) is 28.1 Å². The molecule has 12 nitrogen and oxygen atoms in total. The van der Waals surface area contributed by atoms with Gasteiger partial charge in [-0.3, -0.25) is 19.2 Å². The summed E-state index contributed by atoms with van der Waals surface area (Å²) in [6.07, 6.45) is 5.25. The number of nitrogens with zero attached hydrogens (tertiary/aromatic N) is 2. The largest absolute Gasteiger partial charge is 0.399 e. The maximum absolute atomic E-state index is 13.6. The van der Waals surface area contributed by atoms with E-state index < -0.39 is 47.2 Å². The number of rotatable bonds is 12. The lowest BCUT2D eigenvalue weighted by Gasteiger charge is -2.35. The summed E-state index contributed by atoms with van der Waals surface area (Å²) < 4.78 is 0. The van der Waals surface area contributed by atoms with E-state index in [-0.39, 0.29) is 18.4 Å². The summed E-state index contributed by atoms with van der Waals surface area (Å²) in [5.74, 6) is -2.22. The number of amides is 5. The molecule has 3 rings (SSSR count). The minimum absolute atomic E-state index is 0.209. The Morgan fingerprint density at radius 2 is 1.73 bits per heavy atom. The molecule has 0 aromatic carbocycles. The minimum Gasteiger partial charge on any atom is -0.399 e. The molecule has 0 aromatic heterocycles. The molecular formula is C25H40N6O6. The highest BCUT2D eigenvalue weighted by molar-refractivity contribution is 6.37. The molecular weight excluding hydrogens is 480 g/mol. The average molecular weight is 521 g/mol. The predicted molar refractivity (Wildman–Crippen MR) is 135 cm³/mol. The third-order valence-corrected chi connectivity index (χ3v) is 7.06. The van der Waals surface area contributed by atoms with Crippen LogP contribution in [0.2, 0.25) is 0 Å². The number of oxime groups is 1. The molecule has 3 unspecified atom stereocenters. The van der Waals surface area contributed by atoms with Gasteiger partial charge in [0.15, 0.2) is 0 Å². The van der Waals surface area contributed by atoms with Crippen molar-refractivity contribution < 1.29 is 28.8 Å². The van der Waals surface area contributed by atoms with Crippen molar-refractivity contribution in [3.63, 3.8) is 0 Å². The first-order valence-electron chi connectivity index (χ1n) is 13.0. The molecule has 0 spiro atoms. The molecule has 206 valence electrons. The fourth-order valence-corrected chi connectivity index (χ4v) is 4.61. The standard InChI is InChI=1S/C25H40N6O6/c1-25(2,3)20(29-24(36)27-13-17(30-37-4)15-9-10-15)23(35)31-11-5-6-18(31)22(34)28-16(12-14-7-8-14)19(32)21(26)33/h14-16,18,20H,5-13H2,1-4H3,(H2,26,33)(H,28,34)(H2,27,29,36)/b30-17-. The summed E-state index contributed by atoms with van der Waals surface area (Å²) in [4.78, 5) is 69.6. The van der Waals surface area contributed by atoms with Gasteiger partial charge in [0.25, 0.3) is 5.91 Å². The van der Waals surface area contributed by atoms with E-state index in [9.17, 15) is 24.0 Å². The van der Waals surface area contributed by atoms with Crippen molar-refractivity contribution in [3.05, 3.63) is 0 Å². The quantitative estimate of drug-likeness (QED) is 0.165. The number of urea groups is 1. The first kappa shape index (κ1) is 28.4. The first-order valence-corrected chi connectivity index (χ1v) is 13.0. The van der Waals surface area contributed by atoms with Gasteiger partial charge < -0.3 is 31.4 Å². The highest BCUT2D eigenvalue weighted by Crippen LogP contribution is 2.34. The summed E-state index contributed by atoms with van der Waals surface area (Å²) >= 11 is 0. The molecule has 3 aliphatic rings. The van der Waals surface area contributed by atoms with E-state index in [0.29, 0.717) is 31.7 Å². The number of nitrogens with two attached hydrogens (primary N) is 1. The van der Waals surface area contributed by atoms with Crippen LogP contribution in [0.5, 0.6) is 0 Å². The van der Waals surface area contributed by atoms with Crippen LogP contribution in [-0.2, 0) is 24.0 Å². The van der Waals surface area contributed by atoms with E-state index in [4.69, 9.17) is 10.6 Å². The van der Waals surface area contributed by atoms with Crippen molar-refractivity contribution >= 4 is 35.2 Å². The molecule has 2 saturated carbocycles. The molecule has 5 N–H and O–H groups in total. The van der Waals surface area contributed by atoms with E-state index in [1.54, 1.807) is 0 Å². The van der Waals surface area contributed by atoms with Gasteiger partial charge in [0.2, 0.25) is 17.6 Å². The van der Waals surface area contributed by atoms with Crippen molar-refractivity contribution in [1.29, 1.82) is 0 Å². The number of nitrogens with one attached hydrogen (secondary N) is 3. The zero-order valence-corrected chi connectivity index (χ0v) is 22.2. The van der Waals surface area contributed by atoms with Gasteiger partial charge in [0.1, 0.15) is 19.2 Å². The van der Waals surface area contributed by atoms with Gasteiger partial charge in [-0.05, 0) is 43.4 Å². The van der Waals surface area contributed by atoms with Crippen LogP contribution >= 0.6 is 0 Å². The van der Waals surface area contributed by atoms with Gasteiger partial charge in [-0.2, -0.15) is 0 Å². The van der Waals surface area contributed by atoms with E-state index in [1.165, 1.54) is 12.0 Å². The number of primary amides is 1. The van der Waals surface area contributed by atoms with Crippen molar-refractivity contribution in [1.82, 2.24) is 20.9 Å². The van der Waals surface area contributed by atoms with Crippen LogP contribution in [0.15, 0.2) is 5.16 Å². The third kappa shape index (κ3) is 7.90. The van der Waals surface area contributed by atoms with E-state index in [0.717, 1.165) is 31.4 Å². The van der Waals surface area contributed by atoms with Crippen LogP contribution in [0, 0.1) is 17.3 Å². The summed E-state index contributed by atoms with van der Waals surface area (Å²) in [6.45, 7) is 6.05. The Morgan fingerprint density at radius 1 is 1.05 bits per heavy atom. The molecule has 1 saturated heterocycles. The minimum atomic E-state index is -1.09. The normalized spacial score (nSPS) is 21.6. The molecule has 0 radical (unpaired) electrons. The SMILES string of the molecule is CO/N=C(/CNC(=O)NC(C(=O)N1CCCC1C(=O)NC(CC1CC1)C(=O)C(N)=O)C(C)(C)C)C1CC1. The topological polar surface area (TPSA) is 172 Å². The maximum Gasteiger partial charge on any atom is 0.315 e. The van der Waals surface area contributed by atoms with Crippen molar-refractivity contribution in [3.8, 4) is 0 Å². The number of ketones is 1. The second-order valence-corrected chi connectivity index (χ2v) is 11.3. The Labute approximate surface area is 217 Å². The van der Waals surface area contributed by atoms with Crippen molar-refractivity contribution in [2.75, 3.05) is 20.2 Å². The Hall–Kier alpha value is -3.18. The molecule has 12 heteroatoms. The molecule has 3 fully saturated rings. The molecule has 1 heterocycles. The zero-order chi connectivity index (χ0) is 27.3. The Balaban J connectivity index is 1.65. The number of hydrogen-bond donors (Lipinski definition) is 4. The number of likely N-dealkylation sites (tertiary alicyclic amines) is 1. The average Bonchev–Trinajstić information content (AvgIpc) is 3.76. The van der Waals surface area contributed by atoms with Crippen LogP contribution in [0.25, 0.3) is 0 Å². The van der Waals surface area contributed by atoms with Gasteiger partial charge in [-0.15, -0.1) is 0 Å². The van der Waals surface area contributed by atoms with Crippen molar-refractivity contribution in [2.45, 2.75) is 83.8 Å². The Bertz CT molecular complexity index is 936. The highest BCUT2D eigenvalue weighted by Gasteiger charge is 2.43. The fourth-order valence-electron chi connectivity index (χ4n) is 4.61. The smallest absolute Gasteiger partial charge is 0.315 e. The number of Topliss-reactive ketones (excluding diaryl/α,β-unsaturated/α-hetero) is 1. The van der Waals surface area contributed by atoms with E-state index >= 15 is 0 Å². The molecule has 0 bridgehead atoms. The second-order valence-electron chi connectivity index (χ2n) is 11.3. The molecule has 5 amide bonds. The first-order chi connectivity index (χ1) is 17.4. The summed E-state index contributed by atoms with van der Waals surface area (Å²) in [7, 11) is 1.46. The Kier molecular flexibility index (Phi) is 9.14. The van der Waals surface area contributed by atoms with Crippen LogP contribution < -0.4 is 21.7 Å². The van der Waals surface area contributed by atoms with Gasteiger partial charge in [0.05, 0.1) is 18.3 Å². The van der Waals surface area contributed by atoms with Gasteiger partial charge in [-0.25, -0.2) is 4.79 Å². The lowest BCUT2D eigenvalue weighted by atomic mass is 9.85. The molecule has 0 aromatic rings. The number of hydrogen-bond acceptors (Lipinski definition) is 7. The number of carbonyl (C=O) groups excluding carboxylic acids is 5. The highest BCUT2D eigenvalue weighted by atomic mass is 16.6. The Morgan fingerprint density at radius 3 is 2.27 bits per heavy atom. The van der Waals surface area contributed by atoms with E-state index in [1.807, 2.05) is 20.8 Å². The van der Waals surface area contributed by atoms with Crippen LogP contribution in [0.1, 0.15) is 65.7 Å². The van der Waals surface area contributed by atoms with Gasteiger partial charge >= 0.3 is 6.03 Å². The van der Waals surface area contributed by atoms with E-state index in [2.05, 4.69) is 21.1 Å². The molecule has 3 atom stereocenters. The number of carbonyl (C=O) groups is 5. The zero-order valence-electron chi connectivity index (χ0n) is 22.2. The fraction of sp³-hybridized carbons (Fsp3) is 0.760. The molecule has 1 aliphatic heterocycles. The third-order valence-electron chi connectivity index (χ3n) is 7.06. The van der Waals surface area contributed by atoms with Crippen LogP contribution in [0.4, 0.5) is 4.79 Å². The summed E-state index contributed by atoms with van der Waals surface area (Å²) in [5, 5.41) is 12.2. The predicted octanol–water partition coefficient (Wildman–Crippen LogP) is 0.443. The monoisotopic (exact) mass is 520 g/mol. The second kappa shape index (κ2) is 11.9. The lowest BCUT2D eigenvalue weighted by Crippen LogP contribution is -2.60.